The van der Waals surface area contributed by atoms with Crippen LogP contribution in [0.5, 0.6) is 0 Å². The molecule has 3 aliphatic heterocycles. The van der Waals surface area contributed by atoms with Crippen molar-refractivity contribution >= 4 is 11.9 Å². The van der Waals surface area contributed by atoms with Gasteiger partial charge in [0.2, 0.25) is 11.6 Å². The van der Waals surface area contributed by atoms with Crippen molar-refractivity contribution in [3.8, 4) is 0 Å². The summed E-state index contributed by atoms with van der Waals surface area (Å²) >= 11 is 0. The zero-order valence-corrected chi connectivity index (χ0v) is 14.1. The lowest BCUT2D eigenvalue weighted by Gasteiger charge is -2.56. The van der Waals surface area contributed by atoms with Crippen molar-refractivity contribution < 1.29 is 38.0 Å². The molecule has 3 fully saturated rings. The number of hydrogen-bond donors (Lipinski definition) is 0. The fourth-order valence-corrected chi connectivity index (χ4v) is 3.61. The Morgan fingerprint density at radius 2 is 1.21 bits per heavy atom. The van der Waals surface area contributed by atoms with Gasteiger partial charge in [-0.3, -0.25) is 0 Å². The number of hydrogen-bond acceptors (Lipinski definition) is 8. The third-order valence-corrected chi connectivity index (χ3v) is 4.83. The molecule has 4 atom stereocenters. The van der Waals surface area contributed by atoms with Gasteiger partial charge in [0.15, 0.2) is 12.2 Å². The van der Waals surface area contributed by atoms with Gasteiger partial charge in [-0.15, -0.1) is 0 Å². The van der Waals surface area contributed by atoms with Crippen LogP contribution in [-0.4, -0.2) is 63.2 Å². The molecule has 3 aliphatic rings. The van der Waals surface area contributed by atoms with Gasteiger partial charge in [-0.05, 0) is 25.7 Å². The van der Waals surface area contributed by atoms with Crippen LogP contribution in [0.3, 0.4) is 0 Å². The highest BCUT2D eigenvalue weighted by molar-refractivity contribution is 5.86. The van der Waals surface area contributed by atoms with Crippen LogP contribution in [0.4, 0.5) is 0 Å². The molecule has 3 rings (SSSR count). The summed E-state index contributed by atoms with van der Waals surface area (Å²) in [6, 6.07) is 0. The van der Waals surface area contributed by atoms with E-state index in [-0.39, 0.29) is 0 Å². The summed E-state index contributed by atoms with van der Waals surface area (Å²) in [5.74, 6) is -3.83. The number of fused-ring (bicyclic) bond motifs is 1. The maximum atomic E-state index is 12.2. The zero-order valence-electron chi connectivity index (χ0n) is 14.1. The molecule has 0 bridgehead atoms. The molecule has 8 nitrogen and oxygen atoms in total. The fourth-order valence-electron chi connectivity index (χ4n) is 3.61. The van der Waals surface area contributed by atoms with Crippen LogP contribution in [-0.2, 0) is 38.0 Å². The highest BCUT2D eigenvalue weighted by Gasteiger charge is 2.66. The second-order valence-electron chi connectivity index (χ2n) is 6.24. The minimum absolute atomic E-state index is 0.477. The second-order valence-corrected chi connectivity index (χ2v) is 6.24. The normalized spacial score (nSPS) is 39.6. The van der Waals surface area contributed by atoms with E-state index in [0.29, 0.717) is 26.1 Å². The zero-order chi connectivity index (χ0) is 17.2. The van der Waals surface area contributed by atoms with Crippen molar-refractivity contribution in [1.82, 2.24) is 0 Å². The highest BCUT2D eigenvalue weighted by atomic mass is 16.8. The van der Waals surface area contributed by atoms with Gasteiger partial charge in [-0.1, -0.05) is 0 Å². The fraction of sp³-hybridized carbons (Fsp3) is 0.875. The number of carbonyl (C=O) groups excluding carboxylic acids is 2. The molecule has 0 radical (unpaired) electrons. The Hall–Kier alpha value is -1.22. The standard InChI is InChI=1S/C16H24O8/c1-19-13(17)11-12(14(18)20-2)24-16(8-4-6-10-22-16)15(23-11)7-3-5-9-21-15/h11-12H,3-10H2,1-2H3/t11-,12-,15-,16-/m1/s1. The smallest absolute Gasteiger partial charge is 0.338 e. The van der Waals surface area contributed by atoms with Gasteiger partial charge in [0.25, 0.3) is 0 Å². The van der Waals surface area contributed by atoms with E-state index in [1.807, 2.05) is 0 Å². The van der Waals surface area contributed by atoms with Crippen LogP contribution in [0.25, 0.3) is 0 Å². The van der Waals surface area contributed by atoms with Crippen LogP contribution in [0, 0.1) is 0 Å². The number of carbonyl (C=O) groups is 2. The van der Waals surface area contributed by atoms with E-state index in [2.05, 4.69) is 0 Å². The van der Waals surface area contributed by atoms with E-state index in [9.17, 15) is 9.59 Å². The van der Waals surface area contributed by atoms with Crippen LogP contribution >= 0.6 is 0 Å². The molecule has 0 aliphatic carbocycles. The summed E-state index contributed by atoms with van der Waals surface area (Å²) < 4.78 is 33.6. The second kappa shape index (κ2) is 6.95. The Bertz CT molecular complexity index is 434. The molecule has 3 heterocycles. The number of methoxy groups -OCH3 is 2. The maximum absolute atomic E-state index is 12.2. The van der Waals surface area contributed by atoms with Crippen LogP contribution in [0.2, 0.25) is 0 Å². The van der Waals surface area contributed by atoms with Gasteiger partial charge in [0, 0.05) is 12.8 Å². The molecule has 0 aromatic carbocycles. The molecule has 0 aromatic rings. The summed E-state index contributed by atoms with van der Waals surface area (Å²) in [6.45, 7) is 0.955. The topological polar surface area (TPSA) is 89.5 Å². The molecular formula is C16H24O8. The third-order valence-electron chi connectivity index (χ3n) is 4.83. The predicted molar refractivity (Wildman–Crippen MR) is 78.8 cm³/mol. The van der Waals surface area contributed by atoms with Gasteiger partial charge in [-0.25, -0.2) is 9.59 Å². The molecule has 2 spiro atoms. The maximum Gasteiger partial charge on any atom is 0.338 e. The first-order valence-corrected chi connectivity index (χ1v) is 8.37. The van der Waals surface area contributed by atoms with E-state index in [0.717, 1.165) is 25.7 Å². The molecular weight excluding hydrogens is 320 g/mol. The molecule has 136 valence electrons. The Labute approximate surface area is 140 Å². The molecule has 8 heteroatoms. The molecule has 0 amide bonds. The minimum atomic E-state index is -1.25. The van der Waals surface area contributed by atoms with E-state index in [4.69, 9.17) is 28.4 Å². The first kappa shape index (κ1) is 17.6. The van der Waals surface area contributed by atoms with E-state index in [1.54, 1.807) is 0 Å². The number of esters is 2. The van der Waals surface area contributed by atoms with Crippen molar-refractivity contribution in [2.75, 3.05) is 27.4 Å². The predicted octanol–water partition coefficient (Wildman–Crippen LogP) is 0.910. The van der Waals surface area contributed by atoms with Crippen molar-refractivity contribution in [1.29, 1.82) is 0 Å². The summed E-state index contributed by atoms with van der Waals surface area (Å²) in [7, 11) is 2.46. The lowest BCUT2D eigenvalue weighted by Crippen LogP contribution is -2.72. The largest absolute Gasteiger partial charge is 0.467 e. The lowest BCUT2D eigenvalue weighted by atomic mass is 9.88. The summed E-state index contributed by atoms with van der Waals surface area (Å²) in [5.41, 5.74) is 0. The third kappa shape index (κ3) is 2.81. The van der Waals surface area contributed by atoms with Gasteiger partial charge in [0.05, 0.1) is 27.4 Å². The molecule has 0 unspecified atom stereocenters. The van der Waals surface area contributed by atoms with Gasteiger partial charge < -0.3 is 28.4 Å². The van der Waals surface area contributed by atoms with Crippen molar-refractivity contribution in [2.45, 2.75) is 62.3 Å². The lowest BCUT2D eigenvalue weighted by molar-refractivity contribution is -0.472. The Kier molecular flexibility index (Phi) is 5.10. The Morgan fingerprint density at radius 1 is 0.792 bits per heavy atom. The highest BCUT2D eigenvalue weighted by Crippen LogP contribution is 2.49. The molecule has 0 saturated carbocycles. The van der Waals surface area contributed by atoms with Gasteiger partial charge >= 0.3 is 11.9 Å². The van der Waals surface area contributed by atoms with E-state index >= 15 is 0 Å². The first-order valence-electron chi connectivity index (χ1n) is 8.37. The average molecular weight is 344 g/mol. The molecule has 0 N–H and O–H groups in total. The summed E-state index contributed by atoms with van der Waals surface area (Å²) in [5, 5.41) is 0. The van der Waals surface area contributed by atoms with E-state index in [1.165, 1.54) is 14.2 Å². The van der Waals surface area contributed by atoms with Crippen molar-refractivity contribution in [3.63, 3.8) is 0 Å². The van der Waals surface area contributed by atoms with Crippen molar-refractivity contribution in [3.05, 3.63) is 0 Å². The quantitative estimate of drug-likeness (QED) is 0.683. The minimum Gasteiger partial charge on any atom is -0.467 e. The average Bonchev–Trinajstić information content (AvgIpc) is 2.64. The van der Waals surface area contributed by atoms with Crippen molar-refractivity contribution in [2.24, 2.45) is 0 Å². The van der Waals surface area contributed by atoms with Gasteiger partial charge in [0.1, 0.15) is 0 Å². The summed E-state index contributed by atoms with van der Waals surface area (Å²) in [4.78, 5) is 24.3. The van der Waals surface area contributed by atoms with Gasteiger partial charge in [-0.2, -0.15) is 0 Å². The van der Waals surface area contributed by atoms with Crippen LogP contribution in [0.1, 0.15) is 38.5 Å². The van der Waals surface area contributed by atoms with Crippen LogP contribution in [0.15, 0.2) is 0 Å². The van der Waals surface area contributed by atoms with Crippen LogP contribution < -0.4 is 0 Å². The monoisotopic (exact) mass is 344 g/mol. The Morgan fingerprint density at radius 3 is 1.50 bits per heavy atom. The molecule has 24 heavy (non-hydrogen) atoms. The Balaban J connectivity index is 1.97. The first-order chi connectivity index (χ1) is 11.6. The van der Waals surface area contributed by atoms with E-state index < -0.39 is 35.7 Å². The SMILES string of the molecule is COC(=O)[C@@H]1O[C@]2(CCCCO2)[C@@]2(CCCCO2)O[C@H]1C(=O)OC. The summed E-state index contributed by atoms with van der Waals surface area (Å²) in [6.07, 6.45) is 2.03. The number of ether oxygens (including phenoxy) is 6. The number of rotatable bonds is 2. The molecule has 0 aromatic heterocycles. The molecule has 3 saturated heterocycles.